The number of aromatic amines is 1. The smallest absolute Gasteiger partial charge is 0.195 e. The van der Waals surface area contributed by atoms with Gasteiger partial charge in [-0.3, -0.25) is 4.79 Å². The van der Waals surface area contributed by atoms with Gasteiger partial charge in [0.25, 0.3) is 0 Å². The van der Waals surface area contributed by atoms with Gasteiger partial charge in [-0.25, -0.2) is 0 Å². The number of methoxy groups -OCH3 is 2. The molecule has 0 fully saturated rings. The first-order valence-electron chi connectivity index (χ1n) is 9.76. The van der Waals surface area contributed by atoms with E-state index in [1.54, 1.807) is 26.4 Å². The van der Waals surface area contributed by atoms with Crippen LogP contribution in [0.1, 0.15) is 28.4 Å². The Morgan fingerprint density at radius 3 is 2.20 bits per heavy atom. The molecule has 5 nitrogen and oxygen atoms in total. The summed E-state index contributed by atoms with van der Waals surface area (Å²) in [4.78, 5) is 17.1. The summed E-state index contributed by atoms with van der Waals surface area (Å²) in [5.74, 6) is 1.51. The number of nitrogens with one attached hydrogen (secondary N) is 1. The van der Waals surface area contributed by atoms with E-state index in [2.05, 4.69) is 11.9 Å². The molecule has 152 valence electrons. The van der Waals surface area contributed by atoms with Gasteiger partial charge in [-0.15, -0.1) is 0 Å². The zero-order valence-corrected chi connectivity index (χ0v) is 17.2. The van der Waals surface area contributed by atoms with Gasteiger partial charge in [0.2, 0.25) is 0 Å². The Morgan fingerprint density at radius 1 is 0.933 bits per heavy atom. The summed E-state index contributed by atoms with van der Waals surface area (Å²) in [7, 11) is 3.26. The van der Waals surface area contributed by atoms with Gasteiger partial charge in [0.15, 0.2) is 5.78 Å². The predicted octanol–water partition coefficient (Wildman–Crippen LogP) is 5.35. The number of hydrogen-bond acceptors (Lipinski definition) is 4. The maximum Gasteiger partial charge on any atom is 0.195 e. The molecular weight excluding hydrogens is 378 g/mol. The highest BCUT2D eigenvalue weighted by molar-refractivity contribution is 6.21. The van der Waals surface area contributed by atoms with E-state index in [1.165, 1.54) is 12.1 Å². The number of fused-ring (bicyclic) bond motifs is 1. The average Bonchev–Trinajstić information content (AvgIpc) is 3.18. The van der Waals surface area contributed by atoms with Crippen LogP contribution >= 0.6 is 0 Å². The van der Waals surface area contributed by atoms with Gasteiger partial charge in [-0.1, -0.05) is 6.92 Å². The van der Waals surface area contributed by atoms with Crippen LogP contribution in [-0.4, -0.2) is 30.1 Å². The van der Waals surface area contributed by atoms with Gasteiger partial charge in [-0.05, 0) is 72.1 Å². The summed E-state index contributed by atoms with van der Waals surface area (Å²) in [5, 5.41) is 10.5. The lowest BCUT2D eigenvalue weighted by molar-refractivity contribution is 0.104. The van der Waals surface area contributed by atoms with Crippen LogP contribution in [0.2, 0.25) is 0 Å². The van der Waals surface area contributed by atoms with E-state index in [0.29, 0.717) is 11.1 Å². The van der Waals surface area contributed by atoms with Gasteiger partial charge < -0.3 is 19.6 Å². The molecule has 0 atom stereocenters. The van der Waals surface area contributed by atoms with Crippen LogP contribution in [0.4, 0.5) is 0 Å². The topological polar surface area (TPSA) is 71.5 Å². The highest BCUT2D eigenvalue weighted by Gasteiger charge is 2.23. The molecule has 0 saturated heterocycles. The molecule has 0 bridgehead atoms. The first-order valence-corrected chi connectivity index (χ1v) is 9.76. The molecule has 4 rings (SSSR count). The fraction of sp³-hybridized carbons (Fsp3) is 0.160. The molecule has 0 amide bonds. The minimum atomic E-state index is -0.105. The van der Waals surface area contributed by atoms with Crippen LogP contribution in [0, 0.1) is 0 Å². The minimum Gasteiger partial charge on any atom is -0.508 e. The highest BCUT2D eigenvalue weighted by Crippen LogP contribution is 2.37. The number of hydrogen-bond donors (Lipinski definition) is 2. The van der Waals surface area contributed by atoms with Gasteiger partial charge >= 0.3 is 0 Å². The molecule has 0 aliphatic rings. The maximum atomic E-state index is 13.6. The normalized spacial score (nSPS) is 10.9. The third kappa shape index (κ3) is 3.39. The summed E-state index contributed by atoms with van der Waals surface area (Å²) >= 11 is 0. The molecule has 1 aromatic heterocycles. The summed E-state index contributed by atoms with van der Waals surface area (Å²) < 4.78 is 10.7. The zero-order valence-electron chi connectivity index (χ0n) is 17.2. The van der Waals surface area contributed by atoms with Crippen molar-refractivity contribution in [3.8, 4) is 28.5 Å². The van der Waals surface area contributed by atoms with E-state index < -0.39 is 0 Å². The Labute approximate surface area is 174 Å². The molecule has 0 unspecified atom stereocenters. The highest BCUT2D eigenvalue weighted by atomic mass is 16.5. The SMILES string of the molecule is CCc1cc(OC)cc2[nH]c(-c3ccc(OC)cc3)c(C(=O)c3ccc(O)cc3)c12. The second kappa shape index (κ2) is 7.95. The summed E-state index contributed by atoms with van der Waals surface area (Å²) in [6, 6.07) is 17.8. The second-order valence-electron chi connectivity index (χ2n) is 7.04. The van der Waals surface area contributed by atoms with Crippen molar-refractivity contribution >= 4 is 16.7 Å². The Kier molecular flexibility index (Phi) is 5.19. The molecule has 1 heterocycles. The quantitative estimate of drug-likeness (QED) is 0.427. The number of carbonyl (C=O) groups excluding carboxylic acids is 1. The average molecular weight is 401 g/mol. The Bertz CT molecular complexity index is 1200. The van der Waals surface area contributed by atoms with Crippen molar-refractivity contribution in [2.45, 2.75) is 13.3 Å². The second-order valence-corrected chi connectivity index (χ2v) is 7.04. The number of aromatic hydroxyl groups is 1. The molecule has 3 aromatic carbocycles. The molecule has 0 aliphatic carbocycles. The van der Waals surface area contributed by atoms with Crippen LogP contribution in [0.5, 0.6) is 17.2 Å². The molecule has 0 aliphatic heterocycles. The lowest BCUT2D eigenvalue weighted by atomic mass is 9.94. The van der Waals surface area contributed by atoms with E-state index in [0.717, 1.165) is 45.6 Å². The van der Waals surface area contributed by atoms with Crippen LogP contribution in [-0.2, 0) is 6.42 Å². The molecular formula is C25H23NO4. The molecule has 0 saturated carbocycles. The predicted molar refractivity (Wildman–Crippen MR) is 118 cm³/mol. The van der Waals surface area contributed by atoms with Crippen molar-refractivity contribution in [2.24, 2.45) is 0 Å². The zero-order chi connectivity index (χ0) is 21.3. The van der Waals surface area contributed by atoms with E-state index in [1.807, 2.05) is 36.4 Å². The molecule has 5 heteroatoms. The van der Waals surface area contributed by atoms with E-state index >= 15 is 0 Å². The fourth-order valence-electron chi connectivity index (χ4n) is 3.74. The number of phenols is 1. The van der Waals surface area contributed by atoms with E-state index in [9.17, 15) is 9.90 Å². The van der Waals surface area contributed by atoms with Crippen molar-refractivity contribution in [1.29, 1.82) is 0 Å². The molecule has 2 N–H and O–H groups in total. The van der Waals surface area contributed by atoms with Crippen LogP contribution in [0.15, 0.2) is 60.7 Å². The maximum absolute atomic E-state index is 13.6. The standard InChI is InChI=1S/C25H23NO4/c1-4-15-13-20(30-3)14-21-22(15)23(25(28)17-5-9-18(27)10-6-17)24(26-21)16-7-11-19(29-2)12-8-16/h5-14,26-27H,4H2,1-3H3. The molecule has 0 spiro atoms. The molecule has 30 heavy (non-hydrogen) atoms. The summed E-state index contributed by atoms with van der Waals surface area (Å²) in [6.45, 7) is 2.06. The number of aromatic nitrogens is 1. The number of aryl methyl sites for hydroxylation is 1. The van der Waals surface area contributed by atoms with Crippen molar-refractivity contribution in [3.63, 3.8) is 0 Å². The number of ketones is 1. The van der Waals surface area contributed by atoms with Gasteiger partial charge in [0.1, 0.15) is 17.2 Å². The first kappa shape index (κ1) is 19.6. The lowest BCUT2D eigenvalue weighted by Gasteiger charge is -2.09. The number of phenolic OH excluding ortho intramolecular Hbond substituents is 1. The van der Waals surface area contributed by atoms with Gasteiger partial charge in [0, 0.05) is 17.0 Å². The number of ether oxygens (including phenoxy) is 2. The summed E-state index contributed by atoms with van der Waals surface area (Å²) in [6.07, 6.45) is 0.753. The summed E-state index contributed by atoms with van der Waals surface area (Å²) in [5.41, 5.74) is 4.63. The van der Waals surface area contributed by atoms with Crippen LogP contribution in [0.3, 0.4) is 0 Å². The monoisotopic (exact) mass is 401 g/mol. The third-order valence-electron chi connectivity index (χ3n) is 5.31. The van der Waals surface area contributed by atoms with Gasteiger partial charge in [0.05, 0.1) is 31.0 Å². The van der Waals surface area contributed by atoms with Crippen molar-refractivity contribution < 1.29 is 19.4 Å². The van der Waals surface area contributed by atoms with E-state index in [-0.39, 0.29) is 11.5 Å². The van der Waals surface area contributed by atoms with Crippen LogP contribution < -0.4 is 9.47 Å². The number of rotatable bonds is 6. The third-order valence-corrected chi connectivity index (χ3v) is 5.31. The molecule has 0 radical (unpaired) electrons. The molecule has 4 aromatic rings. The van der Waals surface area contributed by atoms with Crippen molar-refractivity contribution in [1.82, 2.24) is 4.98 Å². The number of benzene rings is 3. The van der Waals surface area contributed by atoms with Gasteiger partial charge in [-0.2, -0.15) is 0 Å². The fourth-order valence-corrected chi connectivity index (χ4v) is 3.74. The van der Waals surface area contributed by atoms with Crippen molar-refractivity contribution in [2.75, 3.05) is 14.2 Å². The minimum absolute atomic E-state index is 0.105. The lowest BCUT2D eigenvalue weighted by Crippen LogP contribution is -2.03. The van der Waals surface area contributed by atoms with Crippen molar-refractivity contribution in [3.05, 3.63) is 77.4 Å². The first-order chi connectivity index (χ1) is 14.5. The number of H-pyrrole nitrogens is 1. The Hall–Kier alpha value is -3.73. The Balaban J connectivity index is 2.00. The Morgan fingerprint density at radius 2 is 1.60 bits per heavy atom. The van der Waals surface area contributed by atoms with Crippen LogP contribution in [0.25, 0.3) is 22.2 Å². The largest absolute Gasteiger partial charge is 0.508 e. The van der Waals surface area contributed by atoms with E-state index in [4.69, 9.17) is 9.47 Å². The number of carbonyl (C=O) groups is 1.